The number of carbonyl (C=O) groups is 1. The number of halogens is 1. The van der Waals surface area contributed by atoms with Crippen LogP contribution in [0.1, 0.15) is 56.7 Å². The molecule has 1 aliphatic rings. The first-order valence-corrected chi connectivity index (χ1v) is 13.0. The van der Waals surface area contributed by atoms with Crippen molar-refractivity contribution in [3.05, 3.63) is 39.9 Å². The van der Waals surface area contributed by atoms with E-state index in [1.54, 1.807) is 12.1 Å². The summed E-state index contributed by atoms with van der Waals surface area (Å²) in [6, 6.07) is 3.39. The van der Waals surface area contributed by atoms with E-state index in [-0.39, 0.29) is 33.9 Å². The van der Waals surface area contributed by atoms with Crippen molar-refractivity contribution < 1.29 is 18.9 Å². The van der Waals surface area contributed by atoms with Gasteiger partial charge in [0.05, 0.1) is 29.1 Å². The first kappa shape index (κ1) is 24.3. The van der Waals surface area contributed by atoms with Crippen molar-refractivity contribution >= 4 is 56.4 Å². The minimum atomic E-state index is -1.20. The van der Waals surface area contributed by atoms with Gasteiger partial charge in [-0.3, -0.25) is 4.90 Å². The fourth-order valence-corrected chi connectivity index (χ4v) is 6.58. The number of hydrogen-bond acceptors (Lipinski definition) is 7. The summed E-state index contributed by atoms with van der Waals surface area (Å²) in [5.74, 6) is 0.734. The molecule has 1 unspecified atom stereocenters. The van der Waals surface area contributed by atoms with Crippen molar-refractivity contribution in [3.63, 3.8) is 0 Å². The molecule has 1 saturated carbocycles. The van der Waals surface area contributed by atoms with Gasteiger partial charge in [0.1, 0.15) is 10.5 Å². The number of nitrogens with one attached hydrogen (secondary N) is 1. The van der Waals surface area contributed by atoms with Crippen LogP contribution in [0.15, 0.2) is 22.8 Å². The number of hydrogen-bond donors (Lipinski definition) is 2. The number of carboxylic acid groups (broad SMARTS) is 1. The van der Waals surface area contributed by atoms with Gasteiger partial charge in [0, 0.05) is 21.7 Å². The molecule has 33 heavy (non-hydrogen) atoms. The van der Waals surface area contributed by atoms with Gasteiger partial charge in [-0.25, -0.2) is 9.78 Å². The second-order valence-corrected chi connectivity index (χ2v) is 12.7. The SMILES string of the molecule is Cc1c(C2([C@H](C)N[S+]([O-])C(C)(C)C)CC2)sc2c(N(Cc3ccco3)C(=O)O)nc(Cl)nc12. The van der Waals surface area contributed by atoms with Crippen molar-refractivity contribution in [2.45, 2.75) is 70.2 Å². The topological polar surface area (TPSA) is 115 Å². The van der Waals surface area contributed by atoms with Gasteiger partial charge in [0.2, 0.25) is 5.28 Å². The lowest BCUT2D eigenvalue weighted by molar-refractivity contribution is 0.200. The highest BCUT2D eigenvalue weighted by Gasteiger charge is 2.53. The number of aromatic nitrogens is 2. The van der Waals surface area contributed by atoms with Gasteiger partial charge in [-0.05, 0) is 76.8 Å². The van der Waals surface area contributed by atoms with E-state index in [1.165, 1.54) is 17.6 Å². The quantitative estimate of drug-likeness (QED) is 0.323. The maximum Gasteiger partial charge on any atom is 0.413 e. The van der Waals surface area contributed by atoms with Gasteiger partial charge in [-0.2, -0.15) is 4.98 Å². The van der Waals surface area contributed by atoms with Crippen LogP contribution in [0.2, 0.25) is 5.28 Å². The van der Waals surface area contributed by atoms with Crippen LogP contribution < -0.4 is 9.62 Å². The molecule has 0 saturated heterocycles. The largest absolute Gasteiger partial charge is 0.598 e. The molecule has 0 radical (unpaired) electrons. The van der Waals surface area contributed by atoms with Gasteiger partial charge in [-0.15, -0.1) is 16.1 Å². The third-order valence-corrected chi connectivity index (χ3v) is 9.36. The first-order chi connectivity index (χ1) is 15.4. The summed E-state index contributed by atoms with van der Waals surface area (Å²) in [4.78, 5) is 23.1. The molecule has 1 fully saturated rings. The van der Waals surface area contributed by atoms with Gasteiger partial charge in [0.25, 0.3) is 0 Å². The second-order valence-electron chi connectivity index (χ2n) is 9.38. The highest BCUT2D eigenvalue weighted by Crippen LogP contribution is 2.56. The molecule has 1 amide bonds. The highest BCUT2D eigenvalue weighted by molar-refractivity contribution is 7.90. The molecular formula is C22H27ClN4O4S2. The Labute approximate surface area is 204 Å². The van der Waals surface area contributed by atoms with Crippen molar-refractivity contribution in [2.75, 3.05) is 4.90 Å². The van der Waals surface area contributed by atoms with Crippen LogP contribution in [-0.4, -0.2) is 36.5 Å². The molecule has 4 rings (SSSR count). The fourth-order valence-electron chi connectivity index (χ4n) is 3.94. The second kappa shape index (κ2) is 8.74. The Hall–Kier alpha value is -1.85. The van der Waals surface area contributed by atoms with Gasteiger partial charge >= 0.3 is 6.09 Å². The lowest BCUT2D eigenvalue weighted by Crippen LogP contribution is -2.48. The van der Waals surface area contributed by atoms with Crippen LogP contribution in [0, 0.1) is 6.92 Å². The standard InChI is InChI=1S/C22H27ClN4O4S2/c1-12-15-16(32-17(12)22(8-9-22)13(2)26-33(30)21(3,4)5)18(25-19(23)24-15)27(20(28)29)11-14-7-6-10-31-14/h6-7,10,13,26H,8-9,11H2,1-5H3,(H,28,29)/t13-,33?/m0/s1. The molecule has 8 nitrogen and oxygen atoms in total. The molecule has 11 heteroatoms. The van der Waals surface area contributed by atoms with Gasteiger partial charge in [0.15, 0.2) is 5.82 Å². The first-order valence-electron chi connectivity index (χ1n) is 10.6. The van der Waals surface area contributed by atoms with Crippen molar-refractivity contribution in [3.8, 4) is 0 Å². The zero-order valence-electron chi connectivity index (χ0n) is 19.1. The Morgan fingerprint density at radius 2 is 2.15 bits per heavy atom. The third-order valence-electron chi connectivity index (χ3n) is 6.01. The summed E-state index contributed by atoms with van der Waals surface area (Å²) in [5.41, 5.74) is 1.41. The number of rotatable bonds is 7. The summed E-state index contributed by atoms with van der Waals surface area (Å²) in [7, 11) is 0. The van der Waals surface area contributed by atoms with E-state index in [0.717, 1.165) is 28.2 Å². The van der Waals surface area contributed by atoms with Crippen LogP contribution in [0.4, 0.5) is 10.6 Å². The Morgan fingerprint density at radius 3 is 2.70 bits per heavy atom. The summed E-state index contributed by atoms with van der Waals surface area (Å²) < 4.78 is 21.7. The summed E-state index contributed by atoms with van der Waals surface area (Å²) >= 11 is 6.52. The number of anilines is 1. The van der Waals surface area contributed by atoms with E-state index < -0.39 is 17.5 Å². The summed E-state index contributed by atoms with van der Waals surface area (Å²) in [6.07, 6.45) is 2.23. The third kappa shape index (κ3) is 4.59. The number of thiophene rings is 1. The van der Waals surface area contributed by atoms with E-state index in [9.17, 15) is 14.5 Å². The Balaban J connectivity index is 1.77. The molecule has 1 aliphatic carbocycles. The van der Waals surface area contributed by atoms with Crippen LogP contribution >= 0.6 is 22.9 Å². The zero-order valence-corrected chi connectivity index (χ0v) is 21.5. The highest BCUT2D eigenvalue weighted by atomic mass is 35.5. The molecule has 0 aliphatic heterocycles. The lowest BCUT2D eigenvalue weighted by Gasteiger charge is -2.30. The maximum absolute atomic E-state index is 12.7. The lowest BCUT2D eigenvalue weighted by atomic mass is 9.94. The minimum Gasteiger partial charge on any atom is -0.598 e. The molecule has 3 aromatic heterocycles. The monoisotopic (exact) mass is 510 g/mol. The van der Waals surface area contributed by atoms with Crippen molar-refractivity contribution in [1.29, 1.82) is 0 Å². The molecule has 178 valence electrons. The van der Waals surface area contributed by atoms with E-state index in [0.29, 0.717) is 16.0 Å². The van der Waals surface area contributed by atoms with Crippen LogP contribution in [-0.2, 0) is 23.3 Å². The van der Waals surface area contributed by atoms with Crippen molar-refractivity contribution in [1.82, 2.24) is 14.7 Å². The zero-order chi connectivity index (χ0) is 24.1. The number of furan rings is 1. The molecule has 3 aromatic rings. The summed E-state index contributed by atoms with van der Waals surface area (Å²) in [5, 5.41) is 9.92. The number of aryl methyl sites for hydroxylation is 1. The van der Waals surface area contributed by atoms with Crippen LogP contribution in [0.5, 0.6) is 0 Å². The number of nitrogens with zero attached hydrogens (tertiary/aromatic N) is 3. The van der Waals surface area contributed by atoms with Crippen LogP contribution in [0.3, 0.4) is 0 Å². The molecular weight excluding hydrogens is 484 g/mol. The molecule has 3 heterocycles. The Bertz CT molecular complexity index is 1170. The molecule has 0 aromatic carbocycles. The Morgan fingerprint density at radius 1 is 1.45 bits per heavy atom. The summed E-state index contributed by atoms with van der Waals surface area (Å²) in [6.45, 7) is 9.86. The van der Waals surface area contributed by atoms with E-state index >= 15 is 0 Å². The smallest absolute Gasteiger partial charge is 0.413 e. The van der Waals surface area contributed by atoms with Crippen LogP contribution in [0.25, 0.3) is 10.2 Å². The fraction of sp³-hybridized carbons (Fsp3) is 0.500. The maximum atomic E-state index is 12.7. The molecule has 2 atom stereocenters. The van der Waals surface area contributed by atoms with Gasteiger partial charge < -0.3 is 14.1 Å². The molecule has 2 N–H and O–H groups in total. The average Bonchev–Trinajstić information content (AvgIpc) is 3.23. The number of fused-ring (bicyclic) bond motifs is 1. The average molecular weight is 511 g/mol. The van der Waals surface area contributed by atoms with E-state index in [4.69, 9.17) is 16.0 Å². The van der Waals surface area contributed by atoms with Crippen molar-refractivity contribution in [2.24, 2.45) is 0 Å². The normalized spacial score (nSPS) is 17.2. The minimum absolute atomic E-state index is 0.00468. The number of amides is 1. The molecule has 0 bridgehead atoms. The predicted octanol–water partition coefficient (Wildman–Crippen LogP) is 5.40. The van der Waals surface area contributed by atoms with E-state index in [2.05, 4.69) is 21.6 Å². The molecule has 0 spiro atoms. The Kier molecular flexibility index (Phi) is 6.43. The van der Waals surface area contributed by atoms with Gasteiger partial charge in [-0.1, -0.05) is 0 Å². The predicted molar refractivity (Wildman–Crippen MR) is 131 cm³/mol. The van der Waals surface area contributed by atoms with E-state index in [1.807, 2.05) is 27.7 Å².